The van der Waals surface area contributed by atoms with Crippen molar-refractivity contribution in [3.63, 3.8) is 0 Å². The third-order valence-corrected chi connectivity index (χ3v) is 4.92. The van der Waals surface area contributed by atoms with Crippen LogP contribution in [0.2, 0.25) is 0 Å². The second-order valence-electron chi connectivity index (χ2n) is 5.01. The van der Waals surface area contributed by atoms with E-state index in [9.17, 15) is 8.42 Å². The molecule has 1 aliphatic carbocycles. The SMILES string of the molecule is CC1CC1CNS(=O)(=O)c1ccc(CCN)cc1. The second-order valence-corrected chi connectivity index (χ2v) is 6.77. The molecule has 2 atom stereocenters. The molecule has 0 aliphatic heterocycles. The van der Waals surface area contributed by atoms with Crippen LogP contribution in [0.5, 0.6) is 0 Å². The fourth-order valence-electron chi connectivity index (χ4n) is 1.99. The van der Waals surface area contributed by atoms with Crippen LogP contribution in [-0.2, 0) is 16.4 Å². The Morgan fingerprint density at radius 3 is 2.44 bits per heavy atom. The maximum absolute atomic E-state index is 12.0. The highest BCUT2D eigenvalue weighted by Crippen LogP contribution is 2.37. The van der Waals surface area contributed by atoms with Crippen molar-refractivity contribution in [1.82, 2.24) is 4.72 Å². The Balaban J connectivity index is 1.99. The molecule has 0 bridgehead atoms. The van der Waals surface area contributed by atoms with Crippen molar-refractivity contribution < 1.29 is 8.42 Å². The largest absolute Gasteiger partial charge is 0.330 e. The Bertz CT molecular complexity index is 496. The van der Waals surface area contributed by atoms with Gasteiger partial charge in [0.05, 0.1) is 4.90 Å². The van der Waals surface area contributed by atoms with Crippen molar-refractivity contribution in [2.24, 2.45) is 17.6 Å². The van der Waals surface area contributed by atoms with Crippen LogP contribution in [0.4, 0.5) is 0 Å². The van der Waals surface area contributed by atoms with Crippen molar-refractivity contribution in [3.05, 3.63) is 29.8 Å². The number of benzene rings is 1. The van der Waals surface area contributed by atoms with Crippen molar-refractivity contribution in [1.29, 1.82) is 0 Å². The minimum atomic E-state index is -3.35. The molecule has 0 heterocycles. The highest BCUT2D eigenvalue weighted by atomic mass is 32.2. The molecular weight excluding hydrogens is 248 g/mol. The van der Waals surface area contributed by atoms with Gasteiger partial charge in [-0.15, -0.1) is 0 Å². The lowest BCUT2D eigenvalue weighted by molar-refractivity contribution is 0.574. The van der Waals surface area contributed by atoms with Gasteiger partial charge in [-0.1, -0.05) is 19.1 Å². The summed E-state index contributed by atoms with van der Waals surface area (Å²) in [6.45, 7) is 3.26. The van der Waals surface area contributed by atoms with Crippen LogP contribution < -0.4 is 10.5 Å². The van der Waals surface area contributed by atoms with Gasteiger partial charge in [0.25, 0.3) is 0 Å². The molecule has 0 amide bonds. The van der Waals surface area contributed by atoms with Crippen LogP contribution in [0.1, 0.15) is 18.9 Å². The van der Waals surface area contributed by atoms with Gasteiger partial charge in [0.1, 0.15) is 0 Å². The minimum Gasteiger partial charge on any atom is -0.330 e. The predicted molar refractivity (Wildman–Crippen MR) is 71.7 cm³/mol. The van der Waals surface area contributed by atoms with Gasteiger partial charge in [0, 0.05) is 6.54 Å². The van der Waals surface area contributed by atoms with E-state index in [1.54, 1.807) is 12.1 Å². The van der Waals surface area contributed by atoms with Crippen molar-refractivity contribution in [2.45, 2.75) is 24.7 Å². The topological polar surface area (TPSA) is 72.2 Å². The Labute approximate surface area is 109 Å². The lowest BCUT2D eigenvalue weighted by Crippen LogP contribution is -2.26. The standard InChI is InChI=1S/C13H20N2O2S/c1-10-8-12(10)9-15-18(16,17)13-4-2-11(3-5-13)6-7-14/h2-5,10,12,15H,6-9,14H2,1H3. The van der Waals surface area contributed by atoms with Gasteiger partial charge >= 0.3 is 0 Å². The molecule has 100 valence electrons. The summed E-state index contributed by atoms with van der Waals surface area (Å²) in [4.78, 5) is 0.330. The lowest BCUT2D eigenvalue weighted by Gasteiger charge is -2.07. The normalized spacial score (nSPS) is 23.0. The third kappa shape index (κ3) is 3.31. The van der Waals surface area contributed by atoms with Gasteiger partial charge in [-0.2, -0.15) is 0 Å². The molecule has 1 aliphatic rings. The molecule has 1 aromatic carbocycles. The number of rotatable bonds is 6. The summed E-state index contributed by atoms with van der Waals surface area (Å²) in [5.74, 6) is 1.16. The number of sulfonamides is 1. The summed E-state index contributed by atoms with van der Waals surface area (Å²) in [5, 5.41) is 0. The van der Waals surface area contributed by atoms with Gasteiger partial charge in [-0.3, -0.25) is 0 Å². The summed E-state index contributed by atoms with van der Waals surface area (Å²) < 4.78 is 26.7. The summed E-state index contributed by atoms with van der Waals surface area (Å²) >= 11 is 0. The smallest absolute Gasteiger partial charge is 0.240 e. The molecule has 0 aromatic heterocycles. The minimum absolute atomic E-state index is 0.330. The average molecular weight is 268 g/mol. The van der Waals surface area contributed by atoms with Crippen LogP contribution in [0.25, 0.3) is 0 Å². The molecule has 0 radical (unpaired) electrons. The molecule has 0 spiro atoms. The van der Waals surface area contributed by atoms with Gasteiger partial charge in [-0.05, 0) is 48.9 Å². The molecule has 1 fully saturated rings. The van der Waals surface area contributed by atoms with Gasteiger partial charge in [-0.25, -0.2) is 13.1 Å². The van der Waals surface area contributed by atoms with Crippen LogP contribution in [-0.4, -0.2) is 21.5 Å². The van der Waals surface area contributed by atoms with Gasteiger partial charge in [0.2, 0.25) is 10.0 Å². The number of hydrogen-bond donors (Lipinski definition) is 2. The van der Waals surface area contributed by atoms with E-state index in [1.165, 1.54) is 0 Å². The monoisotopic (exact) mass is 268 g/mol. The molecule has 2 unspecified atom stereocenters. The maximum atomic E-state index is 12.0. The van der Waals surface area contributed by atoms with Crippen LogP contribution in [0, 0.1) is 11.8 Å². The number of nitrogens with one attached hydrogen (secondary N) is 1. The molecule has 1 saturated carbocycles. The molecule has 2 rings (SSSR count). The molecule has 4 nitrogen and oxygen atoms in total. The first kappa shape index (κ1) is 13.5. The zero-order valence-electron chi connectivity index (χ0n) is 10.6. The zero-order valence-corrected chi connectivity index (χ0v) is 11.4. The Morgan fingerprint density at radius 1 is 1.33 bits per heavy atom. The molecule has 18 heavy (non-hydrogen) atoms. The van der Waals surface area contributed by atoms with Crippen LogP contribution in [0.15, 0.2) is 29.2 Å². The Kier molecular flexibility index (Phi) is 4.04. The van der Waals surface area contributed by atoms with Crippen molar-refractivity contribution >= 4 is 10.0 Å². The van der Waals surface area contributed by atoms with E-state index in [-0.39, 0.29) is 0 Å². The van der Waals surface area contributed by atoms with Crippen LogP contribution >= 0.6 is 0 Å². The lowest BCUT2D eigenvalue weighted by atomic mass is 10.2. The van der Waals surface area contributed by atoms with Crippen LogP contribution in [0.3, 0.4) is 0 Å². The zero-order chi connectivity index (χ0) is 13.2. The first-order valence-electron chi connectivity index (χ1n) is 6.31. The summed E-state index contributed by atoms with van der Waals surface area (Å²) in [5.41, 5.74) is 6.52. The Morgan fingerprint density at radius 2 is 1.94 bits per heavy atom. The van der Waals surface area contributed by atoms with E-state index in [0.717, 1.165) is 18.4 Å². The van der Waals surface area contributed by atoms with Crippen molar-refractivity contribution in [2.75, 3.05) is 13.1 Å². The molecular formula is C13H20N2O2S. The second kappa shape index (κ2) is 5.38. The molecule has 5 heteroatoms. The number of hydrogen-bond acceptors (Lipinski definition) is 3. The molecule has 3 N–H and O–H groups in total. The quantitative estimate of drug-likeness (QED) is 0.812. The predicted octanol–water partition coefficient (Wildman–Crippen LogP) is 1.12. The third-order valence-electron chi connectivity index (χ3n) is 3.48. The van der Waals surface area contributed by atoms with E-state index < -0.39 is 10.0 Å². The first-order chi connectivity index (χ1) is 8.53. The van der Waals surface area contributed by atoms with Crippen molar-refractivity contribution in [3.8, 4) is 0 Å². The molecule has 0 saturated heterocycles. The first-order valence-corrected chi connectivity index (χ1v) is 7.80. The van der Waals surface area contributed by atoms with Gasteiger partial charge in [0.15, 0.2) is 0 Å². The fourth-order valence-corrected chi connectivity index (χ4v) is 3.08. The number of nitrogens with two attached hydrogens (primary N) is 1. The highest BCUT2D eigenvalue weighted by molar-refractivity contribution is 7.89. The average Bonchev–Trinajstić information content (AvgIpc) is 3.04. The molecule has 1 aromatic rings. The highest BCUT2D eigenvalue weighted by Gasteiger charge is 2.33. The maximum Gasteiger partial charge on any atom is 0.240 e. The van der Waals surface area contributed by atoms with E-state index in [0.29, 0.717) is 29.8 Å². The summed E-state index contributed by atoms with van der Waals surface area (Å²) in [6.07, 6.45) is 1.89. The van der Waals surface area contributed by atoms with Gasteiger partial charge < -0.3 is 5.73 Å². The summed E-state index contributed by atoms with van der Waals surface area (Å²) in [7, 11) is -3.35. The van der Waals surface area contributed by atoms with E-state index in [2.05, 4.69) is 11.6 Å². The van der Waals surface area contributed by atoms with E-state index in [4.69, 9.17) is 5.73 Å². The van der Waals surface area contributed by atoms with E-state index >= 15 is 0 Å². The Hall–Kier alpha value is -0.910. The summed E-state index contributed by atoms with van der Waals surface area (Å²) in [6, 6.07) is 6.93. The fraction of sp³-hybridized carbons (Fsp3) is 0.538. The van der Waals surface area contributed by atoms with E-state index in [1.807, 2.05) is 12.1 Å².